The zero-order valence-electron chi connectivity index (χ0n) is 17.4. The molecular formula is C20H22INO8S. The van der Waals surface area contributed by atoms with Crippen LogP contribution < -0.4 is 9.47 Å². The second-order valence-electron chi connectivity index (χ2n) is 6.43. The fourth-order valence-corrected chi connectivity index (χ4v) is 4.13. The molecule has 0 atom stereocenters. The monoisotopic (exact) mass is 563 g/mol. The van der Waals surface area contributed by atoms with Gasteiger partial charge < -0.3 is 18.9 Å². The third-order valence-electron chi connectivity index (χ3n) is 3.72. The number of amides is 2. The van der Waals surface area contributed by atoms with E-state index in [1.807, 2.05) is 22.6 Å². The van der Waals surface area contributed by atoms with Crippen molar-refractivity contribution < 1.29 is 38.1 Å². The third-order valence-corrected chi connectivity index (χ3v) is 5.43. The van der Waals surface area contributed by atoms with Crippen LogP contribution in [-0.2, 0) is 23.9 Å². The van der Waals surface area contributed by atoms with Crippen LogP contribution in [-0.4, -0.2) is 61.0 Å². The average Bonchev–Trinajstić information content (AvgIpc) is 2.93. The molecule has 0 unspecified atom stereocenters. The predicted octanol–water partition coefficient (Wildman–Crippen LogP) is 3.23. The lowest BCUT2D eigenvalue weighted by Gasteiger charge is -2.14. The van der Waals surface area contributed by atoms with Gasteiger partial charge in [-0.05, 0) is 78.9 Å². The number of halogens is 1. The molecular weight excluding hydrogens is 541 g/mol. The van der Waals surface area contributed by atoms with Gasteiger partial charge in [0.2, 0.25) is 0 Å². The first-order valence-corrected chi connectivity index (χ1v) is 11.2. The largest absolute Gasteiger partial charge is 0.493 e. The second kappa shape index (κ2) is 11.4. The Morgan fingerprint density at radius 3 is 2.55 bits per heavy atom. The lowest BCUT2D eigenvalue weighted by atomic mass is 10.2. The van der Waals surface area contributed by atoms with Crippen molar-refractivity contribution in [2.45, 2.75) is 26.9 Å². The highest BCUT2D eigenvalue weighted by Crippen LogP contribution is 2.37. The van der Waals surface area contributed by atoms with Crippen molar-refractivity contribution in [3.05, 3.63) is 26.2 Å². The summed E-state index contributed by atoms with van der Waals surface area (Å²) in [6.45, 7) is 4.60. The van der Waals surface area contributed by atoms with E-state index in [2.05, 4.69) is 0 Å². The van der Waals surface area contributed by atoms with E-state index in [4.69, 9.17) is 18.9 Å². The molecule has 0 spiro atoms. The first-order chi connectivity index (χ1) is 14.7. The number of ether oxygens (including phenoxy) is 4. The van der Waals surface area contributed by atoms with Gasteiger partial charge in [0.15, 0.2) is 18.1 Å². The van der Waals surface area contributed by atoms with E-state index in [9.17, 15) is 19.2 Å². The lowest BCUT2D eigenvalue weighted by Crippen LogP contribution is -2.35. The van der Waals surface area contributed by atoms with E-state index in [1.165, 1.54) is 13.2 Å². The summed E-state index contributed by atoms with van der Waals surface area (Å²) in [5.41, 5.74) is 0.583. The molecule has 0 aromatic heterocycles. The summed E-state index contributed by atoms with van der Waals surface area (Å²) in [6, 6.07) is 3.33. The molecule has 11 heteroatoms. The zero-order chi connectivity index (χ0) is 23.1. The molecule has 0 radical (unpaired) electrons. The highest BCUT2D eigenvalue weighted by molar-refractivity contribution is 14.1. The minimum Gasteiger partial charge on any atom is -0.493 e. The molecule has 1 fully saturated rings. The Morgan fingerprint density at radius 1 is 1.23 bits per heavy atom. The van der Waals surface area contributed by atoms with Gasteiger partial charge in [-0.25, -0.2) is 4.79 Å². The van der Waals surface area contributed by atoms with Gasteiger partial charge in [0.25, 0.3) is 11.1 Å². The van der Waals surface area contributed by atoms with E-state index < -0.39 is 29.6 Å². The van der Waals surface area contributed by atoms with Gasteiger partial charge in [-0.3, -0.25) is 19.3 Å². The summed E-state index contributed by atoms with van der Waals surface area (Å²) in [4.78, 5) is 49.2. The van der Waals surface area contributed by atoms with Crippen LogP contribution in [0.2, 0.25) is 0 Å². The summed E-state index contributed by atoms with van der Waals surface area (Å²) in [5, 5.41) is -0.548. The number of hydrogen-bond donors (Lipinski definition) is 0. The molecule has 31 heavy (non-hydrogen) atoms. The minimum atomic E-state index is -0.655. The molecule has 168 valence electrons. The quantitative estimate of drug-likeness (QED) is 0.254. The normalized spacial score (nSPS) is 14.9. The number of nitrogens with zero attached hydrogens (tertiary/aromatic N) is 1. The smallest absolute Gasteiger partial charge is 0.344 e. The second-order valence-corrected chi connectivity index (χ2v) is 8.59. The fourth-order valence-electron chi connectivity index (χ4n) is 2.51. The van der Waals surface area contributed by atoms with Crippen LogP contribution in [0.15, 0.2) is 17.0 Å². The highest BCUT2D eigenvalue weighted by atomic mass is 127. The Labute approximate surface area is 197 Å². The van der Waals surface area contributed by atoms with Crippen LogP contribution in [0.25, 0.3) is 6.08 Å². The van der Waals surface area contributed by atoms with E-state index in [1.54, 1.807) is 32.9 Å². The number of thioether (sulfide) groups is 1. The standard InChI is InChI=1S/C20H22INO8S/c1-5-28-17(24)10-29-18-13(21)6-12(7-14(18)27-4)8-15-19(25)22(20(26)31-15)9-16(23)30-11(2)3/h6-8,11H,5,9-10H2,1-4H3/b15-8-. The molecule has 1 aliphatic heterocycles. The Balaban J connectivity index is 2.20. The highest BCUT2D eigenvalue weighted by Gasteiger charge is 2.36. The van der Waals surface area contributed by atoms with Crippen molar-refractivity contribution in [2.75, 3.05) is 26.9 Å². The number of benzene rings is 1. The van der Waals surface area contributed by atoms with Crippen LogP contribution in [0.4, 0.5) is 4.79 Å². The van der Waals surface area contributed by atoms with Crippen molar-refractivity contribution in [2.24, 2.45) is 0 Å². The van der Waals surface area contributed by atoms with Crippen LogP contribution >= 0.6 is 34.4 Å². The maximum absolute atomic E-state index is 12.6. The van der Waals surface area contributed by atoms with E-state index >= 15 is 0 Å². The Kier molecular flexibility index (Phi) is 9.16. The van der Waals surface area contributed by atoms with Gasteiger partial charge in [0, 0.05) is 0 Å². The molecule has 9 nitrogen and oxygen atoms in total. The Bertz CT molecular complexity index is 915. The molecule has 0 bridgehead atoms. The SMILES string of the molecule is CCOC(=O)COc1c(I)cc(/C=C2\SC(=O)N(CC(=O)OC(C)C)C2=O)cc1OC. The molecule has 1 aliphatic rings. The molecule has 1 heterocycles. The summed E-state index contributed by atoms with van der Waals surface area (Å²) in [6.07, 6.45) is 1.18. The number of carbonyl (C=O) groups is 4. The topological polar surface area (TPSA) is 108 Å². The Morgan fingerprint density at radius 2 is 1.94 bits per heavy atom. The first-order valence-electron chi connectivity index (χ1n) is 9.27. The van der Waals surface area contributed by atoms with Gasteiger partial charge in [-0.1, -0.05) is 0 Å². The van der Waals surface area contributed by atoms with Crippen molar-refractivity contribution in [3.63, 3.8) is 0 Å². The number of carbonyl (C=O) groups excluding carboxylic acids is 4. The molecule has 0 saturated carbocycles. The van der Waals surface area contributed by atoms with Gasteiger partial charge in [-0.2, -0.15) is 0 Å². The molecule has 1 aromatic rings. The molecule has 1 aromatic carbocycles. The van der Waals surface area contributed by atoms with Crippen molar-refractivity contribution in [1.29, 1.82) is 0 Å². The number of rotatable bonds is 9. The first kappa shape index (κ1) is 25.0. The minimum absolute atomic E-state index is 0.167. The molecule has 0 aliphatic carbocycles. The summed E-state index contributed by atoms with van der Waals surface area (Å²) in [7, 11) is 1.45. The fraction of sp³-hybridized carbons (Fsp3) is 0.400. The maximum atomic E-state index is 12.6. The summed E-state index contributed by atoms with van der Waals surface area (Å²) in [5.74, 6) is -1.03. The van der Waals surface area contributed by atoms with Crippen molar-refractivity contribution >= 4 is 63.5 Å². The number of methoxy groups -OCH3 is 1. The van der Waals surface area contributed by atoms with Gasteiger partial charge >= 0.3 is 11.9 Å². The van der Waals surface area contributed by atoms with Crippen LogP contribution in [0, 0.1) is 3.57 Å². The third kappa shape index (κ3) is 6.86. The predicted molar refractivity (Wildman–Crippen MR) is 122 cm³/mol. The van der Waals surface area contributed by atoms with Crippen LogP contribution in [0.1, 0.15) is 26.3 Å². The lowest BCUT2D eigenvalue weighted by molar-refractivity contribution is -0.149. The van der Waals surface area contributed by atoms with E-state index in [0.717, 1.165) is 16.7 Å². The summed E-state index contributed by atoms with van der Waals surface area (Å²) < 4.78 is 21.3. The van der Waals surface area contributed by atoms with Gasteiger partial charge in [0.1, 0.15) is 6.54 Å². The average molecular weight is 563 g/mol. The van der Waals surface area contributed by atoms with Crippen LogP contribution in [0.5, 0.6) is 11.5 Å². The molecule has 2 amide bonds. The summed E-state index contributed by atoms with van der Waals surface area (Å²) >= 11 is 2.75. The van der Waals surface area contributed by atoms with Gasteiger partial charge in [0.05, 0.1) is 28.3 Å². The van der Waals surface area contributed by atoms with Crippen LogP contribution in [0.3, 0.4) is 0 Å². The molecule has 0 N–H and O–H groups in total. The maximum Gasteiger partial charge on any atom is 0.344 e. The zero-order valence-corrected chi connectivity index (χ0v) is 20.4. The molecule has 1 saturated heterocycles. The van der Waals surface area contributed by atoms with Gasteiger partial charge in [-0.15, -0.1) is 0 Å². The van der Waals surface area contributed by atoms with Crippen molar-refractivity contribution in [3.8, 4) is 11.5 Å². The molecule has 2 rings (SSSR count). The van der Waals surface area contributed by atoms with Crippen molar-refractivity contribution in [1.82, 2.24) is 4.90 Å². The number of imide groups is 1. The van der Waals surface area contributed by atoms with E-state index in [-0.39, 0.29) is 24.2 Å². The van der Waals surface area contributed by atoms with E-state index in [0.29, 0.717) is 20.6 Å². The Hall–Kier alpha value is -2.28. The number of hydrogen-bond acceptors (Lipinski definition) is 9. The number of esters is 2.